The molecule has 1 aromatic heterocycles. The highest BCUT2D eigenvalue weighted by atomic mass is 32.1. The highest BCUT2D eigenvalue weighted by molar-refractivity contribution is 7.16. The number of hydrogen-bond donors (Lipinski definition) is 2. The Hall–Kier alpha value is -2.07. The molecule has 1 aliphatic heterocycles. The Morgan fingerprint density at radius 1 is 1.22 bits per heavy atom. The SMILES string of the molecule is C[C@H]1CCc2c(sc3c2C(=O)N[C@H](/C=C/c2ccccc2)N3)C1. The second kappa shape index (κ2) is 5.85. The molecule has 0 bridgehead atoms. The minimum atomic E-state index is -0.146. The van der Waals surface area contributed by atoms with Crippen molar-refractivity contribution >= 4 is 28.3 Å². The number of thiophene rings is 1. The van der Waals surface area contributed by atoms with E-state index in [0.717, 1.165) is 34.9 Å². The smallest absolute Gasteiger partial charge is 0.256 e. The van der Waals surface area contributed by atoms with Crippen LogP contribution in [0.25, 0.3) is 6.08 Å². The molecule has 2 aromatic rings. The summed E-state index contributed by atoms with van der Waals surface area (Å²) < 4.78 is 0. The van der Waals surface area contributed by atoms with Crippen LogP contribution in [-0.4, -0.2) is 12.1 Å². The van der Waals surface area contributed by atoms with Crippen LogP contribution in [-0.2, 0) is 12.8 Å². The molecule has 2 atom stereocenters. The molecule has 23 heavy (non-hydrogen) atoms. The monoisotopic (exact) mass is 324 g/mol. The fourth-order valence-corrected chi connectivity index (χ4v) is 4.80. The number of carbonyl (C=O) groups excluding carboxylic acids is 1. The zero-order valence-electron chi connectivity index (χ0n) is 13.1. The number of amides is 1. The second-order valence-electron chi connectivity index (χ2n) is 6.42. The molecule has 3 nitrogen and oxygen atoms in total. The first-order valence-corrected chi connectivity index (χ1v) is 8.97. The van der Waals surface area contributed by atoms with Crippen LogP contribution in [0, 0.1) is 5.92 Å². The summed E-state index contributed by atoms with van der Waals surface area (Å²) in [6, 6.07) is 10.1. The molecule has 1 amide bonds. The van der Waals surface area contributed by atoms with Crippen molar-refractivity contribution in [3.8, 4) is 0 Å². The number of fused-ring (bicyclic) bond motifs is 3. The molecule has 0 spiro atoms. The molecule has 2 heterocycles. The van der Waals surface area contributed by atoms with Crippen LogP contribution in [0.4, 0.5) is 5.00 Å². The molecular formula is C19H20N2OS. The van der Waals surface area contributed by atoms with Crippen molar-refractivity contribution in [2.75, 3.05) is 5.32 Å². The van der Waals surface area contributed by atoms with Gasteiger partial charge < -0.3 is 10.6 Å². The Bertz CT molecular complexity index is 763. The fourth-order valence-electron chi connectivity index (χ4n) is 3.35. The predicted molar refractivity (Wildman–Crippen MR) is 95.9 cm³/mol. The lowest BCUT2D eigenvalue weighted by Crippen LogP contribution is -2.43. The number of carbonyl (C=O) groups is 1. The first-order chi connectivity index (χ1) is 11.2. The average molecular weight is 324 g/mol. The van der Waals surface area contributed by atoms with E-state index in [1.165, 1.54) is 16.9 Å². The maximum atomic E-state index is 12.5. The zero-order chi connectivity index (χ0) is 15.8. The van der Waals surface area contributed by atoms with E-state index in [-0.39, 0.29) is 12.1 Å². The molecule has 0 saturated heterocycles. The molecule has 0 radical (unpaired) electrons. The molecule has 0 fully saturated rings. The summed E-state index contributed by atoms with van der Waals surface area (Å²) in [7, 11) is 0. The topological polar surface area (TPSA) is 41.1 Å². The van der Waals surface area contributed by atoms with Crippen LogP contribution in [0.2, 0.25) is 0 Å². The van der Waals surface area contributed by atoms with Crippen LogP contribution in [0.1, 0.15) is 39.7 Å². The van der Waals surface area contributed by atoms with Crippen molar-refractivity contribution in [1.82, 2.24) is 5.32 Å². The van der Waals surface area contributed by atoms with Gasteiger partial charge >= 0.3 is 0 Å². The van der Waals surface area contributed by atoms with Gasteiger partial charge in [0.2, 0.25) is 0 Å². The minimum absolute atomic E-state index is 0.0634. The minimum Gasteiger partial charge on any atom is -0.353 e. The van der Waals surface area contributed by atoms with Gasteiger partial charge in [0.25, 0.3) is 5.91 Å². The Balaban J connectivity index is 1.58. The molecule has 2 N–H and O–H groups in total. The van der Waals surface area contributed by atoms with Crippen molar-refractivity contribution in [2.45, 2.75) is 32.4 Å². The van der Waals surface area contributed by atoms with E-state index in [9.17, 15) is 4.79 Å². The number of hydrogen-bond acceptors (Lipinski definition) is 3. The van der Waals surface area contributed by atoms with E-state index < -0.39 is 0 Å². The summed E-state index contributed by atoms with van der Waals surface area (Å²) in [4.78, 5) is 13.9. The molecular weight excluding hydrogens is 304 g/mol. The lowest BCUT2D eigenvalue weighted by molar-refractivity contribution is 0.0942. The molecule has 0 unspecified atom stereocenters. The van der Waals surface area contributed by atoms with Crippen LogP contribution in [0.5, 0.6) is 0 Å². The van der Waals surface area contributed by atoms with Crippen LogP contribution in [0.3, 0.4) is 0 Å². The quantitative estimate of drug-likeness (QED) is 0.874. The maximum absolute atomic E-state index is 12.5. The van der Waals surface area contributed by atoms with E-state index in [0.29, 0.717) is 0 Å². The summed E-state index contributed by atoms with van der Waals surface area (Å²) in [5.41, 5.74) is 3.30. The maximum Gasteiger partial charge on any atom is 0.256 e. The average Bonchev–Trinajstić information content (AvgIpc) is 2.91. The van der Waals surface area contributed by atoms with Crippen LogP contribution in [0.15, 0.2) is 36.4 Å². The van der Waals surface area contributed by atoms with E-state index in [2.05, 4.69) is 29.7 Å². The van der Waals surface area contributed by atoms with Gasteiger partial charge in [0.1, 0.15) is 11.2 Å². The Morgan fingerprint density at radius 2 is 2.04 bits per heavy atom. The second-order valence-corrected chi connectivity index (χ2v) is 7.53. The van der Waals surface area contributed by atoms with Crippen molar-refractivity contribution in [1.29, 1.82) is 0 Å². The molecule has 2 aliphatic rings. The number of rotatable bonds is 2. The van der Waals surface area contributed by atoms with Crippen molar-refractivity contribution in [3.63, 3.8) is 0 Å². The third-order valence-corrected chi connectivity index (χ3v) is 5.78. The Morgan fingerprint density at radius 3 is 2.87 bits per heavy atom. The number of benzene rings is 1. The van der Waals surface area contributed by atoms with E-state index >= 15 is 0 Å². The predicted octanol–water partition coefficient (Wildman–Crippen LogP) is 4.07. The molecule has 1 aromatic carbocycles. The largest absolute Gasteiger partial charge is 0.353 e. The van der Waals surface area contributed by atoms with Gasteiger partial charge in [-0.15, -0.1) is 11.3 Å². The van der Waals surface area contributed by atoms with E-state index in [1.54, 1.807) is 11.3 Å². The van der Waals surface area contributed by atoms with Gasteiger partial charge in [0.05, 0.1) is 5.56 Å². The third kappa shape index (κ3) is 2.79. The van der Waals surface area contributed by atoms with E-state index in [4.69, 9.17) is 0 Å². The molecule has 4 rings (SSSR count). The first kappa shape index (κ1) is 14.5. The number of nitrogens with one attached hydrogen (secondary N) is 2. The van der Waals surface area contributed by atoms with Crippen LogP contribution >= 0.6 is 11.3 Å². The third-order valence-electron chi connectivity index (χ3n) is 4.59. The van der Waals surface area contributed by atoms with Gasteiger partial charge in [-0.2, -0.15) is 0 Å². The Kier molecular flexibility index (Phi) is 3.69. The van der Waals surface area contributed by atoms with Gasteiger partial charge in [-0.25, -0.2) is 0 Å². The summed E-state index contributed by atoms with van der Waals surface area (Å²) in [6.45, 7) is 2.29. The summed E-state index contributed by atoms with van der Waals surface area (Å²) >= 11 is 1.76. The molecule has 1 aliphatic carbocycles. The van der Waals surface area contributed by atoms with Crippen molar-refractivity contribution < 1.29 is 4.79 Å². The summed E-state index contributed by atoms with van der Waals surface area (Å²) in [5, 5.41) is 7.57. The highest BCUT2D eigenvalue weighted by Gasteiger charge is 2.31. The van der Waals surface area contributed by atoms with Gasteiger partial charge in [-0.1, -0.05) is 43.3 Å². The summed E-state index contributed by atoms with van der Waals surface area (Å²) in [6.07, 6.45) is 7.22. The van der Waals surface area contributed by atoms with Gasteiger partial charge in [-0.05, 0) is 42.4 Å². The highest BCUT2D eigenvalue weighted by Crippen LogP contribution is 2.41. The van der Waals surface area contributed by atoms with Crippen LogP contribution < -0.4 is 10.6 Å². The molecule has 0 saturated carbocycles. The van der Waals surface area contributed by atoms with E-state index in [1.807, 2.05) is 30.4 Å². The Labute approximate surface area is 140 Å². The van der Waals surface area contributed by atoms with Gasteiger partial charge in [0, 0.05) is 4.88 Å². The first-order valence-electron chi connectivity index (χ1n) is 8.16. The standard InChI is InChI=1S/C19H20N2OS/c1-12-7-9-14-15(11-12)23-19-17(14)18(22)20-16(21-19)10-8-13-5-3-2-4-6-13/h2-6,8,10,12,16,21H,7,9,11H2,1H3,(H,20,22)/b10-8+/t12-,16-/m0/s1. The normalized spacial score (nSPS) is 23.1. The lowest BCUT2D eigenvalue weighted by Gasteiger charge is -2.24. The molecule has 4 heteroatoms. The van der Waals surface area contributed by atoms with Crippen molar-refractivity contribution in [3.05, 3.63) is 58.0 Å². The van der Waals surface area contributed by atoms with Gasteiger partial charge in [0.15, 0.2) is 0 Å². The zero-order valence-corrected chi connectivity index (χ0v) is 14.0. The molecule has 118 valence electrons. The summed E-state index contributed by atoms with van der Waals surface area (Å²) in [5.74, 6) is 0.785. The number of anilines is 1. The lowest BCUT2D eigenvalue weighted by atomic mass is 9.88. The van der Waals surface area contributed by atoms with Crippen molar-refractivity contribution in [2.24, 2.45) is 5.92 Å². The van der Waals surface area contributed by atoms with Gasteiger partial charge in [-0.3, -0.25) is 4.79 Å². The fraction of sp³-hybridized carbons (Fsp3) is 0.316.